The molecule has 0 bridgehead atoms. The van der Waals surface area contributed by atoms with Crippen LogP contribution >= 0.6 is 0 Å². The molecule has 0 fully saturated rings. The molecule has 0 aliphatic rings. The van der Waals surface area contributed by atoms with E-state index in [1.54, 1.807) is 0 Å². The number of ether oxygens (including phenoxy) is 2. The molecular formula is C39H76O2. The number of hydrogen-bond acceptors (Lipinski definition) is 2. The van der Waals surface area contributed by atoms with Crippen LogP contribution in [0, 0.1) is 0 Å². The molecule has 0 rings (SSSR count). The number of allylic oxidation sites excluding steroid dienone is 2. The Bertz CT molecular complexity index is 512. The van der Waals surface area contributed by atoms with Crippen LogP contribution in [0.25, 0.3) is 0 Å². The van der Waals surface area contributed by atoms with Gasteiger partial charge in [0.05, 0.1) is 12.5 Å². The Kier molecular flexibility index (Phi) is 36.3. The average Bonchev–Trinajstić information content (AvgIpc) is 2.98. The molecule has 0 spiro atoms. The van der Waals surface area contributed by atoms with Crippen LogP contribution in [0.3, 0.4) is 0 Å². The van der Waals surface area contributed by atoms with Gasteiger partial charge in [-0.1, -0.05) is 181 Å². The Hall–Kier alpha value is -0.920. The lowest BCUT2D eigenvalue weighted by Crippen LogP contribution is -2.10. The summed E-state index contributed by atoms with van der Waals surface area (Å²) in [5, 5.41) is 0. The van der Waals surface area contributed by atoms with Gasteiger partial charge in [-0.2, -0.15) is 0 Å². The fourth-order valence-electron chi connectivity index (χ4n) is 5.54. The van der Waals surface area contributed by atoms with E-state index in [9.17, 15) is 0 Å². The third kappa shape index (κ3) is 37.1. The summed E-state index contributed by atoms with van der Waals surface area (Å²) in [4.78, 5) is 0. The highest BCUT2D eigenvalue weighted by atomic mass is 16.5. The van der Waals surface area contributed by atoms with Crippen molar-refractivity contribution in [2.75, 3.05) is 6.61 Å². The quantitative estimate of drug-likeness (QED) is 0.0552. The van der Waals surface area contributed by atoms with Crippen molar-refractivity contribution in [3.63, 3.8) is 0 Å². The fourth-order valence-corrected chi connectivity index (χ4v) is 5.54. The highest BCUT2D eigenvalue weighted by Gasteiger charge is 1.99. The van der Waals surface area contributed by atoms with Crippen molar-refractivity contribution in [3.05, 3.63) is 24.7 Å². The molecule has 1 unspecified atom stereocenters. The first-order valence-corrected chi connectivity index (χ1v) is 18.9. The van der Waals surface area contributed by atoms with Crippen LogP contribution < -0.4 is 0 Å². The van der Waals surface area contributed by atoms with Crippen molar-refractivity contribution in [1.29, 1.82) is 0 Å². The molecule has 0 saturated heterocycles. The molecule has 2 nitrogen and oxygen atoms in total. The van der Waals surface area contributed by atoms with Crippen molar-refractivity contribution in [3.8, 4) is 0 Å². The summed E-state index contributed by atoms with van der Waals surface area (Å²) in [7, 11) is 0. The summed E-state index contributed by atoms with van der Waals surface area (Å²) in [6.07, 6.45) is 50.1. The predicted octanol–water partition coefficient (Wildman–Crippen LogP) is 14.2. The summed E-state index contributed by atoms with van der Waals surface area (Å²) < 4.78 is 11.4. The standard InChI is InChI=1S/C39H76O2/c1-4-6-8-10-12-14-16-18-20-22-24-26-28-30-32-34-36-40-38-39(3)41-37-35-33-31-29-27-25-23-21-19-17-15-13-11-9-7-5-2/h34-37,39H,4-33,38H2,1-3H3. The minimum absolute atomic E-state index is 0.105. The van der Waals surface area contributed by atoms with E-state index < -0.39 is 0 Å². The van der Waals surface area contributed by atoms with Gasteiger partial charge in [0.2, 0.25) is 0 Å². The van der Waals surface area contributed by atoms with Crippen LogP contribution in [0.4, 0.5) is 0 Å². The fraction of sp³-hybridized carbons (Fsp3) is 0.897. The van der Waals surface area contributed by atoms with E-state index in [0.29, 0.717) is 6.61 Å². The highest BCUT2D eigenvalue weighted by Crippen LogP contribution is 2.15. The lowest BCUT2D eigenvalue weighted by atomic mass is 10.0. The zero-order chi connectivity index (χ0) is 29.7. The van der Waals surface area contributed by atoms with E-state index in [1.807, 2.05) is 12.5 Å². The number of rotatable bonds is 35. The average molecular weight is 577 g/mol. The van der Waals surface area contributed by atoms with Crippen molar-refractivity contribution in [1.82, 2.24) is 0 Å². The summed E-state index contributed by atoms with van der Waals surface area (Å²) in [5.74, 6) is 0. The van der Waals surface area contributed by atoms with Crippen molar-refractivity contribution < 1.29 is 9.47 Å². The van der Waals surface area contributed by atoms with Crippen LogP contribution in [-0.4, -0.2) is 12.7 Å². The van der Waals surface area contributed by atoms with Crippen LogP contribution in [0.15, 0.2) is 24.7 Å². The monoisotopic (exact) mass is 577 g/mol. The molecule has 0 aromatic rings. The smallest absolute Gasteiger partial charge is 0.129 e. The van der Waals surface area contributed by atoms with Gasteiger partial charge >= 0.3 is 0 Å². The minimum Gasteiger partial charge on any atom is -0.498 e. The largest absolute Gasteiger partial charge is 0.498 e. The van der Waals surface area contributed by atoms with E-state index in [2.05, 4.69) is 32.9 Å². The molecular weight excluding hydrogens is 500 g/mol. The maximum Gasteiger partial charge on any atom is 0.129 e. The SMILES string of the molecule is CCCCCCCCCCCCCCCCC=COCC(C)OC=CCCCCCCCCCCCCCCCC. The summed E-state index contributed by atoms with van der Waals surface area (Å²) >= 11 is 0. The van der Waals surface area contributed by atoms with Crippen LogP contribution in [0.2, 0.25) is 0 Å². The van der Waals surface area contributed by atoms with Crippen molar-refractivity contribution in [2.24, 2.45) is 0 Å². The van der Waals surface area contributed by atoms with E-state index in [4.69, 9.17) is 9.47 Å². The van der Waals surface area contributed by atoms with Crippen molar-refractivity contribution in [2.45, 2.75) is 219 Å². The summed E-state index contributed by atoms with van der Waals surface area (Å²) in [6, 6.07) is 0. The topological polar surface area (TPSA) is 18.5 Å². The Morgan fingerprint density at radius 1 is 0.390 bits per heavy atom. The molecule has 0 amide bonds. The molecule has 0 N–H and O–H groups in total. The third-order valence-corrected chi connectivity index (χ3v) is 8.38. The van der Waals surface area contributed by atoms with E-state index >= 15 is 0 Å². The first-order valence-electron chi connectivity index (χ1n) is 18.9. The minimum atomic E-state index is 0.105. The molecule has 0 heterocycles. The normalized spacial score (nSPS) is 12.6. The third-order valence-electron chi connectivity index (χ3n) is 8.38. The Morgan fingerprint density at radius 3 is 1.02 bits per heavy atom. The van der Waals surface area contributed by atoms with E-state index in [0.717, 1.165) is 12.8 Å². The van der Waals surface area contributed by atoms with Gasteiger partial charge in [-0.05, 0) is 44.8 Å². The van der Waals surface area contributed by atoms with Gasteiger partial charge in [0.25, 0.3) is 0 Å². The maximum absolute atomic E-state index is 5.75. The van der Waals surface area contributed by atoms with Gasteiger partial charge in [-0.3, -0.25) is 0 Å². The van der Waals surface area contributed by atoms with Gasteiger partial charge < -0.3 is 9.47 Å². The Morgan fingerprint density at radius 2 is 0.683 bits per heavy atom. The molecule has 1 atom stereocenters. The maximum atomic E-state index is 5.75. The summed E-state index contributed by atoms with van der Waals surface area (Å²) in [5.41, 5.74) is 0. The second-order valence-corrected chi connectivity index (χ2v) is 12.8. The summed E-state index contributed by atoms with van der Waals surface area (Å²) in [6.45, 7) is 7.30. The highest BCUT2D eigenvalue weighted by molar-refractivity contribution is 4.76. The van der Waals surface area contributed by atoms with Gasteiger partial charge in [0, 0.05) is 0 Å². The lowest BCUT2D eigenvalue weighted by Gasteiger charge is -2.10. The molecule has 0 aromatic carbocycles. The van der Waals surface area contributed by atoms with Gasteiger partial charge in [-0.25, -0.2) is 0 Å². The molecule has 0 aliphatic heterocycles. The van der Waals surface area contributed by atoms with Crippen LogP contribution in [0.1, 0.15) is 213 Å². The first-order chi connectivity index (χ1) is 20.3. The molecule has 0 saturated carbocycles. The predicted molar refractivity (Wildman–Crippen MR) is 185 cm³/mol. The van der Waals surface area contributed by atoms with Crippen LogP contribution in [-0.2, 0) is 9.47 Å². The zero-order valence-electron chi connectivity index (χ0n) is 28.6. The van der Waals surface area contributed by atoms with Gasteiger partial charge in [0.15, 0.2) is 0 Å². The zero-order valence-corrected chi connectivity index (χ0v) is 28.6. The molecule has 0 aromatic heterocycles. The Balaban J connectivity index is 3.26. The first kappa shape index (κ1) is 40.1. The molecule has 41 heavy (non-hydrogen) atoms. The lowest BCUT2D eigenvalue weighted by molar-refractivity contribution is 0.0808. The van der Waals surface area contributed by atoms with Gasteiger partial charge in [0.1, 0.15) is 12.7 Å². The molecule has 0 radical (unpaired) electrons. The van der Waals surface area contributed by atoms with E-state index in [-0.39, 0.29) is 6.10 Å². The second-order valence-electron chi connectivity index (χ2n) is 12.8. The molecule has 0 aliphatic carbocycles. The van der Waals surface area contributed by atoms with Crippen molar-refractivity contribution >= 4 is 0 Å². The number of hydrogen-bond donors (Lipinski definition) is 0. The molecule has 244 valence electrons. The Labute approximate surface area is 259 Å². The van der Waals surface area contributed by atoms with Gasteiger partial charge in [-0.15, -0.1) is 0 Å². The second kappa shape index (κ2) is 37.1. The number of unbranched alkanes of at least 4 members (excludes halogenated alkanes) is 28. The van der Waals surface area contributed by atoms with Crippen LogP contribution in [0.5, 0.6) is 0 Å². The molecule has 2 heteroatoms. The van der Waals surface area contributed by atoms with E-state index in [1.165, 1.54) is 180 Å².